The van der Waals surface area contributed by atoms with E-state index < -0.39 is 0 Å². The highest BCUT2D eigenvalue weighted by atomic mass is 35.5. The van der Waals surface area contributed by atoms with Crippen molar-refractivity contribution in [1.29, 1.82) is 0 Å². The lowest BCUT2D eigenvalue weighted by Gasteiger charge is -2.14. The van der Waals surface area contributed by atoms with E-state index in [1.165, 1.54) is 24.3 Å². The molecule has 4 aromatic carbocycles. The van der Waals surface area contributed by atoms with E-state index in [0.29, 0.717) is 46.8 Å². The molecule has 10 rings (SSSR count). The van der Waals surface area contributed by atoms with Gasteiger partial charge in [-0.3, -0.25) is 0 Å². The molecule has 0 unspecified atom stereocenters. The third-order valence-electron chi connectivity index (χ3n) is 11.4. The number of nitrogens with one attached hydrogen (secondary N) is 2. The van der Waals surface area contributed by atoms with Gasteiger partial charge < -0.3 is 29.2 Å². The summed E-state index contributed by atoms with van der Waals surface area (Å²) in [6.07, 6.45) is 9.83. The summed E-state index contributed by atoms with van der Waals surface area (Å²) >= 11 is 11.9. The number of methoxy groups -OCH3 is 2. The highest BCUT2D eigenvalue weighted by Gasteiger charge is 2.28. The van der Waals surface area contributed by atoms with Crippen molar-refractivity contribution < 1.29 is 18.3 Å². The molecule has 0 spiro atoms. The molecule has 18 heteroatoms. The topological polar surface area (TPSA) is 140 Å². The molecule has 14 nitrogen and oxygen atoms in total. The SMILES string of the molecule is C=C1CCn2nc(Nc3ccc(-n4cnc(Cl)c4)c(OC)c3)nc2[C@@H](c2ccc(F)cc2)C1.C=C1CCn2nc(Nc3ccc(-n4cnc(Cl)c4)c(OC)c3)nc2[C@H](c2ccc(F)cc2)C1. The Morgan fingerprint density at radius 1 is 0.606 bits per heavy atom. The fourth-order valence-corrected chi connectivity index (χ4v) is 8.43. The second-order valence-electron chi connectivity index (χ2n) is 15.9. The van der Waals surface area contributed by atoms with Crippen LogP contribution in [0, 0.1) is 11.6 Å². The maximum atomic E-state index is 13.5. The zero-order valence-corrected chi connectivity index (χ0v) is 37.5. The Labute approximate surface area is 389 Å². The van der Waals surface area contributed by atoms with E-state index in [1.807, 2.05) is 45.8 Å². The number of halogens is 4. The van der Waals surface area contributed by atoms with Crippen LogP contribution in [0.4, 0.5) is 32.1 Å². The van der Waals surface area contributed by atoms with Crippen LogP contribution in [0.3, 0.4) is 0 Å². The molecular formula is C48H44Cl2F2N12O2. The van der Waals surface area contributed by atoms with E-state index >= 15 is 0 Å². The number of imidazole rings is 2. The average Bonchev–Trinajstić information content (AvgIpc) is 4.11. The summed E-state index contributed by atoms with van der Waals surface area (Å²) < 4.78 is 45.5. The van der Waals surface area contributed by atoms with Gasteiger partial charge in [0.15, 0.2) is 0 Å². The number of hydrogen-bond acceptors (Lipinski definition) is 10. The van der Waals surface area contributed by atoms with Crippen molar-refractivity contribution in [2.75, 3.05) is 24.9 Å². The van der Waals surface area contributed by atoms with Gasteiger partial charge in [-0.2, -0.15) is 9.97 Å². The molecule has 0 bridgehead atoms. The number of allylic oxidation sites excluding steroid dienone is 2. The zero-order valence-electron chi connectivity index (χ0n) is 36.0. The van der Waals surface area contributed by atoms with Gasteiger partial charge in [-0.25, -0.2) is 28.1 Å². The molecule has 66 heavy (non-hydrogen) atoms. The minimum Gasteiger partial charge on any atom is -0.494 e. The fourth-order valence-electron chi connectivity index (χ4n) is 8.13. The van der Waals surface area contributed by atoms with Crippen molar-refractivity contribution >= 4 is 46.5 Å². The quantitative estimate of drug-likeness (QED) is 0.127. The molecule has 2 N–H and O–H groups in total. The van der Waals surface area contributed by atoms with E-state index in [-0.39, 0.29) is 23.5 Å². The van der Waals surface area contributed by atoms with E-state index in [2.05, 4.69) is 44.0 Å². The molecular weight excluding hydrogens is 886 g/mol. The summed E-state index contributed by atoms with van der Waals surface area (Å²) in [4.78, 5) is 17.7. The summed E-state index contributed by atoms with van der Waals surface area (Å²) in [5.41, 5.74) is 7.43. The Bertz CT molecular complexity index is 2830. The summed E-state index contributed by atoms with van der Waals surface area (Å²) in [6.45, 7) is 9.77. The molecule has 0 radical (unpaired) electrons. The van der Waals surface area contributed by atoms with Crippen LogP contribution in [0.5, 0.6) is 11.5 Å². The molecule has 0 amide bonds. The molecule has 2 aliphatic heterocycles. The van der Waals surface area contributed by atoms with Gasteiger partial charge in [0.05, 0.1) is 25.6 Å². The smallest absolute Gasteiger partial charge is 0.246 e. The van der Waals surface area contributed by atoms with Gasteiger partial charge in [0.1, 0.15) is 57.7 Å². The van der Waals surface area contributed by atoms with Crippen LogP contribution in [0.25, 0.3) is 11.4 Å². The van der Waals surface area contributed by atoms with Gasteiger partial charge >= 0.3 is 0 Å². The van der Waals surface area contributed by atoms with Gasteiger partial charge in [0.25, 0.3) is 0 Å². The molecule has 336 valence electrons. The molecule has 2 aliphatic rings. The summed E-state index contributed by atoms with van der Waals surface area (Å²) in [7, 11) is 3.22. The Morgan fingerprint density at radius 2 is 1.02 bits per heavy atom. The monoisotopic (exact) mass is 928 g/mol. The first-order valence-corrected chi connectivity index (χ1v) is 21.8. The van der Waals surface area contributed by atoms with Crippen LogP contribution >= 0.6 is 23.2 Å². The van der Waals surface area contributed by atoms with Crippen molar-refractivity contribution in [3.05, 3.63) is 179 Å². The standard InChI is InChI=1S/2C24H22ClFN6O/c2*1-15-9-10-32-23(19(11-15)16-3-5-17(26)6-4-16)29-24(30-32)28-18-7-8-20(21(12-18)33-2)31-13-22(25)27-14-31/h2*3-8,12-14,19H,1,9-11H2,2H3,(H,28,30)/t2*19-/m10/s1. The molecule has 4 aromatic heterocycles. The third-order valence-corrected chi connectivity index (χ3v) is 11.8. The molecule has 2 atom stereocenters. The van der Waals surface area contributed by atoms with Gasteiger partial charge in [-0.1, -0.05) is 71.8 Å². The number of hydrogen-bond donors (Lipinski definition) is 2. The number of benzene rings is 4. The van der Waals surface area contributed by atoms with E-state index in [9.17, 15) is 8.78 Å². The van der Waals surface area contributed by atoms with Crippen LogP contribution in [-0.2, 0) is 13.1 Å². The molecule has 0 fully saturated rings. The fraction of sp³-hybridized carbons (Fsp3) is 0.208. The Balaban J connectivity index is 0.000000166. The van der Waals surface area contributed by atoms with E-state index in [1.54, 1.807) is 72.7 Å². The Kier molecular flexibility index (Phi) is 12.7. The maximum Gasteiger partial charge on any atom is 0.246 e. The van der Waals surface area contributed by atoms with Crippen molar-refractivity contribution in [1.82, 2.24) is 48.6 Å². The van der Waals surface area contributed by atoms with E-state index in [4.69, 9.17) is 42.6 Å². The molecule has 0 saturated carbocycles. The highest BCUT2D eigenvalue weighted by Crippen LogP contribution is 2.37. The van der Waals surface area contributed by atoms with Gasteiger partial charge in [0, 0.05) is 60.8 Å². The molecule has 0 aliphatic carbocycles. The van der Waals surface area contributed by atoms with Crippen molar-refractivity contribution in [2.24, 2.45) is 0 Å². The molecule has 6 heterocycles. The largest absolute Gasteiger partial charge is 0.494 e. The van der Waals surface area contributed by atoms with Crippen molar-refractivity contribution in [3.8, 4) is 22.9 Å². The summed E-state index contributed by atoms with van der Waals surface area (Å²) in [5, 5.41) is 16.7. The van der Waals surface area contributed by atoms with Gasteiger partial charge in [-0.05, 0) is 85.3 Å². The Morgan fingerprint density at radius 3 is 1.38 bits per heavy atom. The first-order chi connectivity index (χ1) is 32.0. The number of aryl methyl sites for hydroxylation is 2. The second kappa shape index (κ2) is 19.0. The number of ether oxygens (including phenoxy) is 2. The van der Waals surface area contributed by atoms with Gasteiger partial charge in [0.2, 0.25) is 11.9 Å². The number of anilines is 4. The van der Waals surface area contributed by atoms with Crippen LogP contribution in [0.1, 0.15) is 60.3 Å². The number of rotatable bonds is 10. The van der Waals surface area contributed by atoms with E-state index in [0.717, 1.165) is 82.4 Å². The van der Waals surface area contributed by atoms with Crippen LogP contribution in [0.2, 0.25) is 10.3 Å². The normalized spacial score (nSPS) is 15.7. The lowest BCUT2D eigenvalue weighted by Crippen LogP contribution is -2.08. The predicted molar refractivity (Wildman–Crippen MR) is 250 cm³/mol. The Hall–Kier alpha value is -7.30. The lowest BCUT2D eigenvalue weighted by molar-refractivity contribution is 0.413. The van der Waals surface area contributed by atoms with Crippen molar-refractivity contribution in [3.63, 3.8) is 0 Å². The van der Waals surface area contributed by atoms with Crippen LogP contribution in [-0.4, -0.2) is 62.9 Å². The number of nitrogens with zero attached hydrogens (tertiary/aromatic N) is 10. The first kappa shape index (κ1) is 43.9. The van der Waals surface area contributed by atoms with Crippen LogP contribution in [0.15, 0.2) is 134 Å². The minimum atomic E-state index is -0.259. The lowest BCUT2D eigenvalue weighted by atomic mass is 9.92. The predicted octanol–water partition coefficient (Wildman–Crippen LogP) is 11.0. The maximum absolute atomic E-state index is 13.5. The zero-order chi connectivity index (χ0) is 45.9. The molecule has 8 aromatic rings. The minimum absolute atomic E-state index is 0.0356. The number of fused-ring (bicyclic) bond motifs is 2. The molecule has 0 saturated heterocycles. The average molecular weight is 930 g/mol. The highest BCUT2D eigenvalue weighted by molar-refractivity contribution is 6.29. The second-order valence-corrected chi connectivity index (χ2v) is 16.7. The summed E-state index contributed by atoms with van der Waals surface area (Å²) in [5.74, 6) is 3.36. The van der Waals surface area contributed by atoms with Gasteiger partial charge in [-0.15, -0.1) is 10.2 Å². The first-order valence-electron chi connectivity index (χ1n) is 21.0. The van der Waals surface area contributed by atoms with Crippen LogP contribution < -0.4 is 20.1 Å². The van der Waals surface area contributed by atoms with Crippen molar-refractivity contribution in [2.45, 2.75) is 50.6 Å². The summed E-state index contributed by atoms with van der Waals surface area (Å²) in [6, 6.07) is 24.5. The third kappa shape index (κ3) is 9.70. The number of aromatic nitrogens is 10.